The van der Waals surface area contributed by atoms with Crippen LogP contribution in [0.1, 0.15) is 33.4 Å². The molecule has 1 aliphatic rings. The van der Waals surface area contributed by atoms with Crippen molar-refractivity contribution in [1.29, 1.82) is 0 Å². The van der Waals surface area contributed by atoms with E-state index in [-0.39, 0.29) is 0 Å². The Balaban J connectivity index is 1.82. The Bertz CT molecular complexity index is 1190. The van der Waals surface area contributed by atoms with Gasteiger partial charge >= 0.3 is 0 Å². The van der Waals surface area contributed by atoms with Gasteiger partial charge in [0.1, 0.15) is 11.5 Å². The number of hydrogen-bond donors (Lipinski definition) is 0. The lowest BCUT2D eigenvalue weighted by Gasteiger charge is -2.12. The molecule has 2 aromatic carbocycles. The van der Waals surface area contributed by atoms with E-state index in [2.05, 4.69) is 64.1 Å². The highest BCUT2D eigenvalue weighted by atomic mass is 16.3. The minimum atomic E-state index is 0.933. The Morgan fingerprint density at radius 2 is 1.22 bits per heavy atom. The van der Waals surface area contributed by atoms with Gasteiger partial charge in [0.2, 0.25) is 0 Å². The van der Waals surface area contributed by atoms with Gasteiger partial charge < -0.3 is 8.83 Å². The standard InChI is InChI=1S/C25H22O2/c1-14-12-26-24(16(14)3)22-10-19-9-18-7-5-6-8-20(18)21(19)11-23(22)25-17(4)15(2)13-27-25/h5-8,10-13H,9H2,1-4H3. The lowest BCUT2D eigenvalue weighted by atomic mass is 9.92. The van der Waals surface area contributed by atoms with Crippen molar-refractivity contribution in [3.05, 3.63) is 82.3 Å². The SMILES string of the molecule is Cc1coc(-c2cc3c(cc2-c2occ(C)c2C)-c2ccccc2C3)c1C. The Morgan fingerprint density at radius 1 is 0.630 bits per heavy atom. The quantitative estimate of drug-likeness (QED) is 0.341. The molecule has 0 N–H and O–H groups in total. The van der Waals surface area contributed by atoms with Crippen LogP contribution in [-0.4, -0.2) is 0 Å². The number of fused-ring (bicyclic) bond motifs is 3. The van der Waals surface area contributed by atoms with Crippen molar-refractivity contribution in [3.8, 4) is 33.8 Å². The van der Waals surface area contributed by atoms with Gasteiger partial charge in [0.15, 0.2) is 0 Å². The van der Waals surface area contributed by atoms with Gasteiger partial charge in [0, 0.05) is 11.1 Å². The van der Waals surface area contributed by atoms with E-state index >= 15 is 0 Å². The fourth-order valence-electron chi connectivity index (χ4n) is 4.10. The summed E-state index contributed by atoms with van der Waals surface area (Å²) in [6, 6.07) is 13.3. The van der Waals surface area contributed by atoms with E-state index in [1.807, 2.05) is 12.5 Å². The van der Waals surface area contributed by atoms with Crippen molar-refractivity contribution in [2.75, 3.05) is 0 Å². The fourth-order valence-corrected chi connectivity index (χ4v) is 4.10. The molecular formula is C25H22O2. The zero-order chi connectivity index (χ0) is 18.7. The summed E-state index contributed by atoms with van der Waals surface area (Å²) < 4.78 is 12.0. The van der Waals surface area contributed by atoms with Crippen LogP contribution in [0.25, 0.3) is 33.8 Å². The van der Waals surface area contributed by atoms with Crippen LogP contribution >= 0.6 is 0 Å². The van der Waals surface area contributed by atoms with Crippen LogP contribution in [-0.2, 0) is 6.42 Å². The summed E-state index contributed by atoms with van der Waals surface area (Å²) in [4.78, 5) is 0. The number of hydrogen-bond acceptors (Lipinski definition) is 2. The van der Waals surface area contributed by atoms with Gasteiger partial charge in [0.05, 0.1) is 12.5 Å². The summed E-state index contributed by atoms with van der Waals surface area (Å²) in [6.45, 7) is 8.43. The Hall–Kier alpha value is -3.00. The first kappa shape index (κ1) is 16.2. The molecule has 0 unspecified atom stereocenters. The monoisotopic (exact) mass is 354 g/mol. The number of benzene rings is 2. The Morgan fingerprint density at radius 3 is 1.81 bits per heavy atom. The van der Waals surface area contributed by atoms with Crippen molar-refractivity contribution in [3.63, 3.8) is 0 Å². The molecule has 0 saturated heterocycles. The number of furan rings is 2. The predicted molar refractivity (Wildman–Crippen MR) is 109 cm³/mol. The second kappa shape index (κ2) is 5.75. The van der Waals surface area contributed by atoms with Crippen molar-refractivity contribution in [1.82, 2.24) is 0 Å². The van der Waals surface area contributed by atoms with Crippen LogP contribution in [0.3, 0.4) is 0 Å². The first-order valence-electron chi connectivity index (χ1n) is 9.40. The van der Waals surface area contributed by atoms with E-state index in [4.69, 9.17) is 8.83 Å². The zero-order valence-corrected chi connectivity index (χ0v) is 16.1. The third kappa shape index (κ3) is 2.33. The minimum Gasteiger partial charge on any atom is -0.464 e. The number of rotatable bonds is 2. The van der Waals surface area contributed by atoms with Crippen LogP contribution in [0, 0.1) is 27.7 Å². The highest BCUT2D eigenvalue weighted by Crippen LogP contribution is 2.45. The molecule has 27 heavy (non-hydrogen) atoms. The van der Waals surface area contributed by atoms with Crippen molar-refractivity contribution in [2.24, 2.45) is 0 Å². The third-order valence-electron chi connectivity index (χ3n) is 5.99. The van der Waals surface area contributed by atoms with Gasteiger partial charge in [-0.15, -0.1) is 0 Å². The molecular weight excluding hydrogens is 332 g/mol. The third-order valence-corrected chi connectivity index (χ3v) is 5.99. The van der Waals surface area contributed by atoms with E-state index in [0.717, 1.165) is 29.1 Å². The summed E-state index contributed by atoms with van der Waals surface area (Å²) >= 11 is 0. The van der Waals surface area contributed by atoms with Crippen molar-refractivity contribution >= 4 is 0 Å². The van der Waals surface area contributed by atoms with Gasteiger partial charge in [0.25, 0.3) is 0 Å². The van der Waals surface area contributed by atoms with Crippen LogP contribution in [0.5, 0.6) is 0 Å². The maximum absolute atomic E-state index is 6.00. The molecule has 0 aliphatic heterocycles. The Labute approximate surface area is 159 Å². The van der Waals surface area contributed by atoms with Gasteiger partial charge in [-0.2, -0.15) is 0 Å². The van der Waals surface area contributed by atoms with Crippen LogP contribution in [0.15, 0.2) is 57.8 Å². The molecule has 0 radical (unpaired) electrons. The minimum absolute atomic E-state index is 0.933. The highest BCUT2D eigenvalue weighted by molar-refractivity contribution is 5.90. The molecule has 0 bridgehead atoms. The first-order chi connectivity index (χ1) is 13.0. The molecule has 134 valence electrons. The summed E-state index contributed by atoms with van der Waals surface area (Å²) in [5, 5.41) is 0. The summed E-state index contributed by atoms with van der Waals surface area (Å²) in [5.74, 6) is 1.87. The van der Waals surface area contributed by atoms with E-state index in [1.165, 1.54) is 44.5 Å². The van der Waals surface area contributed by atoms with Gasteiger partial charge in [-0.1, -0.05) is 24.3 Å². The van der Waals surface area contributed by atoms with Gasteiger partial charge in [-0.05, 0) is 90.8 Å². The first-order valence-corrected chi connectivity index (χ1v) is 9.40. The molecule has 2 heteroatoms. The molecule has 2 nitrogen and oxygen atoms in total. The molecule has 2 aromatic heterocycles. The van der Waals surface area contributed by atoms with Crippen molar-refractivity contribution in [2.45, 2.75) is 34.1 Å². The molecule has 5 rings (SSSR count). The molecule has 1 aliphatic carbocycles. The predicted octanol–water partition coefficient (Wildman–Crippen LogP) is 7.01. The molecule has 0 atom stereocenters. The lowest BCUT2D eigenvalue weighted by Crippen LogP contribution is -1.91. The second-order valence-corrected chi connectivity index (χ2v) is 7.63. The fraction of sp³-hybridized carbons (Fsp3) is 0.200. The maximum atomic E-state index is 6.00. The largest absolute Gasteiger partial charge is 0.464 e. The van der Waals surface area contributed by atoms with Gasteiger partial charge in [-0.25, -0.2) is 0 Å². The van der Waals surface area contributed by atoms with Crippen LogP contribution in [0.2, 0.25) is 0 Å². The highest BCUT2D eigenvalue weighted by Gasteiger charge is 2.25. The zero-order valence-electron chi connectivity index (χ0n) is 16.1. The summed E-state index contributed by atoms with van der Waals surface area (Å²) in [5.41, 5.74) is 12.3. The maximum Gasteiger partial charge on any atom is 0.137 e. The summed E-state index contributed by atoms with van der Waals surface area (Å²) in [7, 11) is 0. The van der Waals surface area contributed by atoms with Gasteiger partial charge in [-0.3, -0.25) is 0 Å². The molecule has 0 saturated carbocycles. The van der Waals surface area contributed by atoms with E-state index in [9.17, 15) is 0 Å². The average Bonchev–Trinajstić information content (AvgIpc) is 3.31. The van der Waals surface area contributed by atoms with Crippen molar-refractivity contribution < 1.29 is 8.83 Å². The Kier molecular flexibility index (Phi) is 3.45. The van der Waals surface area contributed by atoms with Crippen LogP contribution in [0.4, 0.5) is 0 Å². The summed E-state index contributed by atoms with van der Waals surface area (Å²) in [6.07, 6.45) is 4.65. The molecule has 0 spiro atoms. The molecule has 0 amide bonds. The number of aryl methyl sites for hydroxylation is 2. The smallest absolute Gasteiger partial charge is 0.137 e. The second-order valence-electron chi connectivity index (χ2n) is 7.63. The topological polar surface area (TPSA) is 26.3 Å². The van der Waals surface area contributed by atoms with E-state index in [1.54, 1.807) is 0 Å². The average molecular weight is 354 g/mol. The molecule has 0 fully saturated rings. The van der Waals surface area contributed by atoms with E-state index < -0.39 is 0 Å². The van der Waals surface area contributed by atoms with Crippen LogP contribution < -0.4 is 0 Å². The normalized spacial score (nSPS) is 12.3. The molecule has 2 heterocycles. The molecule has 4 aromatic rings. The lowest BCUT2D eigenvalue weighted by molar-refractivity contribution is 0.572. The van der Waals surface area contributed by atoms with E-state index in [0.29, 0.717) is 0 Å².